The molecule has 1 aliphatic rings. The van der Waals surface area contributed by atoms with E-state index in [-0.39, 0.29) is 17.0 Å². The van der Waals surface area contributed by atoms with Crippen LogP contribution in [0.1, 0.15) is 49.5 Å². The maximum absolute atomic E-state index is 12.3. The van der Waals surface area contributed by atoms with E-state index in [4.69, 9.17) is 5.11 Å². The fourth-order valence-electron chi connectivity index (χ4n) is 2.87. The van der Waals surface area contributed by atoms with Gasteiger partial charge in [-0.25, -0.2) is 9.78 Å². The minimum Gasteiger partial charge on any atom is -0.476 e. The van der Waals surface area contributed by atoms with E-state index in [1.807, 2.05) is 0 Å². The Kier molecular flexibility index (Phi) is 4.42. The number of hydrogen-bond donors (Lipinski definition) is 2. The highest BCUT2D eigenvalue weighted by atomic mass is 16.4. The first-order valence-corrected chi connectivity index (χ1v) is 7.11. The van der Waals surface area contributed by atoms with Crippen LogP contribution in [0.5, 0.6) is 0 Å². The van der Waals surface area contributed by atoms with E-state index in [1.54, 1.807) is 4.57 Å². The molecule has 1 heterocycles. The molecule has 1 saturated carbocycles. The molecule has 1 amide bonds. The summed E-state index contributed by atoms with van der Waals surface area (Å²) in [6, 6.07) is 0. The van der Waals surface area contributed by atoms with Gasteiger partial charge in [-0.3, -0.25) is 4.79 Å². The fraction of sp³-hybridized carbons (Fsp3) is 0.643. The summed E-state index contributed by atoms with van der Waals surface area (Å²) in [6.07, 6.45) is 8.04. The SMILES string of the molecule is CCC1(C(=O)NCCn2cnc(C(=O)O)c2)CCCC1. The first-order chi connectivity index (χ1) is 9.57. The molecule has 0 spiro atoms. The number of carbonyl (C=O) groups excluding carboxylic acids is 1. The molecule has 0 radical (unpaired) electrons. The van der Waals surface area contributed by atoms with E-state index in [2.05, 4.69) is 17.2 Å². The van der Waals surface area contributed by atoms with Crippen LogP contribution in [0.2, 0.25) is 0 Å². The van der Waals surface area contributed by atoms with Gasteiger partial charge in [-0.1, -0.05) is 19.8 Å². The van der Waals surface area contributed by atoms with Gasteiger partial charge in [-0.05, 0) is 19.3 Å². The Labute approximate surface area is 118 Å². The molecule has 1 fully saturated rings. The van der Waals surface area contributed by atoms with Crippen LogP contribution in [0.3, 0.4) is 0 Å². The van der Waals surface area contributed by atoms with Crippen LogP contribution in [-0.2, 0) is 11.3 Å². The number of amides is 1. The normalized spacial score (nSPS) is 17.1. The average Bonchev–Trinajstić information content (AvgIpc) is 3.08. The van der Waals surface area contributed by atoms with E-state index >= 15 is 0 Å². The zero-order valence-corrected chi connectivity index (χ0v) is 11.8. The van der Waals surface area contributed by atoms with Gasteiger partial charge in [0.05, 0.1) is 6.33 Å². The molecule has 20 heavy (non-hydrogen) atoms. The van der Waals surface area contributed by atoms with Crippen LogP contribution >= 0.6 is 0 Å². The van der Waals surface area contributed by atoms with Crippen molar-refractivity contribution in [3.8, 4) is 0 Å². The molecule has 1 aromatic rings. The Balaban J connectivity index is 1.83. The van der Waals surface area contributed by atoms with Gasteiger partial charge in [0.1, 0.15) is 0 Å². The highest BCUT2D eigenvalue weighted by Crippen LogP contribution is 2.40. The third-order valence-corrected chi connectivity index (χ3v) is 4.23. The summed E-state index contributed by atoms with van der Waals surface area (Å²) >= 11 is 0. The van der Waals surface area contributed by atoms with E-state index in [0.29, 0.717) is 13.1 Å². The molecule has 0 aromatic carbocycles. The minimum absolute atomic E-state index is 0.0251. The number of hydrogen-bond acceptors (Lipinski definition) is 3. The number of carboxylic acid groups (broad SMARTS) is 1. The fourth-order valence-corrected chi connectivity index (χ4v) is 2.87. The van der Waals surface area contributed by atoms with Gasteiger partial charge in [0, 0.05) is 24.7 Å². The van der Waals surface area contributed by atoms with Gasteiger partial charge in [-0.15, -0.1) is 0 Å². The molecule has 0 saturated heterocycles. The van der Waals surface area contributed by atoms with Crippen molar-refractivity contribution in [3.05, 3.63) is 18.2 Å². The predicted molar refractivity (Wildman–Crippen MR) is 73.4 cm³/mol. The van der Waals surface area contributed by atoms with E-state index in [1.165, 1.54) is 12.5 Å². The Morgan fingerprint density at radius 3 is 2.70 bits per heavy atom. The summed E-state index contributed by atoms with van der Waals surface area (Å²) in [5.41, 5.74) is -0.154. The van der Waals surface area contributed by atoms with Crippen LogP contribution in [0.4, 0.5) is 0 Å². The zero-order chi connectivity index (χ0) is 14.6. The summed E-state index contributed by atoms with van der Waals surface area (Å²) in [7, 11) is 0. The number of carbonyl (C=O) groups is 2. The largest absolute Gasteiger partial charge is 0.476 e. The topological polar surface area (TPSA) is 84.2 Å². The molecule has 0 bridgehead atoms. The Morgan fingerprint density at radius 2 is 2.15 bits per heavy atom. The highest BCUT2D eigenvalue weighted by Gasteiger charge is 2.38. The van der Waals surface area contributed by atoms with Gasteiger partial charge >= 0.3 is 5.97 Å². The van der Waals surface area contributed by atoms with Crippen molar-refractivity contribution in [2.24, 2.45) is 5.41 Å². The molecule has 6 nitrogen and oxygen atoms in total. The van der Waals surface area contributed by atoms with Crippen molar-refractivity contribution >= 4 is 11.9 Å². The third-order valence-electron chi connectivity index (χ3n) is 4.23. The maximum Gasteiger partial charge on any atom is 0.356 e. The Morgan fingerprint density at radius 1 is 1.45 bits per heavy atom. The predicted octanol–water partition coefficient (Wildman–Crippen LogP) is 1.67. The number of nitrogens with zero attached hydrogens (tertiary/aromatic N) is 2. The lowest BCUT2D eigenvalue weighted by Gasteiger charge is -2.26. The summed E-state index contributed by atoms with van der Waals surface area (Å²) < 4.78 is 1.68. The van der Waals surface area contributed by atoms with Gasteiger partial charge in [0.2, 0.25) is 5.91 Å². The van der Waals surface area contributed by atoms with Crippen molar-refractivity contribution in [2.75, 3.05) is 6.54 Å². The first kappa shape index (κ1) is 14.6. The molecule has 1 aromatic heterocycles. The molecule has 0 unspecified atom stereocenters. The second kappa shape index (κ2) is 6.07. The number of aromatic nitrogens is 2. The second-order valence-corrected chi connectivity index (χ2v) is 5.40. The quantitative estimate of drug-likeness (QED) is 0.829. The van der Waals surface area contributed by atoms with Gasteiger partial charge in [0.25, 0.3) is 0 Å². The molecular formula is C14H21N3O3. The molecule has 110 valence electrons. The van der Waals surface area contributed by atoms with Crippen LogP contribution in [0.15, 0.2) is 12.5 Å². The highest BCUT2D eigenvalue weighted by molar-refractivity contribution is 5.85. The lowest BCUT2D eigenvalue weighted by molar-refractivity contribution is -0.131. The van der Waals surface area contributed by atoms with E-state index < -0.39 is 5.97 Å². The van der Waals surface area contributed by atoms with Crippen molar-refractivity contribution < 1.29 is 14.7 Å². The number of aromatic carboxylic acids is 1. The summed E-state index contributed by atoms with van der Waals surface area (Å²) in [5.74, 6) is -0.903. The maximum atomic E-state index is 12.3. The summed E-state index contributed by atoms with van der Waals surface area (Å²) in [6.45, 7) is 3.10. The smallest absolute Gasteiger partial charge is 0.356 e. The minimum atomic E-state index is -1.04. The lowest BCUT2D eigenvalue weighted by atomic mass is 9.82. The molecule has 0 atom stereocenters. The third kappa shape index (κ3) is 3.00. The van der Waals surface area contributed by atoms with Gasteiger partial charge < -0.3 is 15.0 Å². The van der Waals surface area contributed by atoms with Gasteiger partial charge in [-0.2, -0.15) is 0 Å². The monoisotopic (exact) mass is 279 g/mol. The summed E-state index contributed by atoms with van der Waals surface area (Å²) in [5, 5.41) is 11.7. The standard InChI is InChI=1S/C14H21N3O3/c1-2-14(5-3-4-6-14)13(20)15-7-8-17-9-11(12(18)19)16-10-17/h9-10H,2-8H2,1H3,(H,15,20)(H,18,19). The van der Waals surface area contributed by atoms with Crippen LogP contribution in [-0.4, -0.2) is 33.1 Å². The molecule has 1 aliphatic carbocycles. The van der Waals surface area contributed by atoms with Crippen molar-refractivity contribution in [1.29, 1.82) is 0 Å². The van der Waals surface area contributed by atoms with Crippen LogP contribution < -0.4 is 5.32 Å². The van der Waals surface area contributed by atoms with E-state index in [0.717, 1.165) is 32.1 Å². The zero-order valence-electron chi connectivity index (χ0n) is 11.8. The average molecular weight is 279 g/mol. The molecule has 2 rings (SSSR count). The van der Waals surface area contributed by atoms with Crippen molar-refractivity contribution in [1.82, 2.24) is 14.9 Å². The molecule has 0 aliphatic heterocycles. The van der Waals surface area contributed by atoms with Gasteiger partial charge in [0.15, 0.2) is 5.69 Å². The Bertz CT molecular complexity index is 490. The molecular weight excluding hydrogens is 258 g/mol. The summed E-state index contributed by atoms with van der Waals surface area (Å²) in [4.78, 5) is 26.7. The molecule has 6 heteroatoms. The lowest BCUT2D eigenvalue weighted by Crippen LogP contribution is -2.40. The van der Waals surface area contributed by atoms with Crippen LogP contribution in [0, 0.1) is 5.41 Å². The number of rotatable bonds is 6. The van der Waals surface area contributed by atoms with Crippen molar-refractivity contribution in [3.63, 3.8) is 0 Å². The number of imidazole rings is 1. The second-order valence-electron chi connectivity index (χ2n) is 5.40. The number of carboxylic acids is 1. The Hall–Kier alpha value is -1.85. The number of nitrogens with one attached hydrogen (secondary N) is 1. The first-order valence-electron chi connectivity index (χ1n) is 7.11. The molecule has 2 N–H and O–H groups in total. The van der Waals surface area contributed by atoms with Crippen LogP contribution in [0.25, 0.3) is 0 Å². The van der Waals surface area contributed by atoms with E-state index in [9.17, 15) is 9.59 Å². The van der Waals surface area contributed by atoms with Crippen molar-refractivity contribution in [2.45, 2.75) is 45.6 Å².